The van der Waals surface area contributed by atoms with Crippen LogP contribution < -0.4 is 4.90 Å². The van der Waals surface area contributed by atoms with Crippen molar-refractivity contribution in [2.24, 2.45) is 0 Å². The molecule has 0 N–H and O–H groups in total. The molecule has 0 aliphatic heterocycles. The molecule has 0 radical (unpaired) electrons. The molecule has 2 nitrogen and oxygen atoms in total. The summed E-state index contributed by atoms with van der Waals surface area (Å²) in [5, 5.41) is 2.46. The Bertz CT molecular complexity index is 2930. The van der Waals surface area contributed by atoms with Crippen LogP contribution in [0.5, 0.6) is 0 Å². The summed E-state index contributed by atoms with van der Waals surface area (Å²) in [6, 6.07) is 83.2. The minimum atomic E-state index is 1.08. The van der Waals surface area contributed by atoms with Crippen molar-refractivity contribution in [2.45, 2.75) is 0 Å². The van der Waals surface area contributed by atoms with Crippen molar-refractivity contribution in [1.82, 2.24) is 4.57 Å². The van der Waals surface area contributed by atoms with Crippen LogP contribution in [0.1, 0.15) is 0 Å². The molecule has 0 saturated heterocycles. The lowest BCUT2D eigenvalue weighted by atomic mass is 9.93. The van der Waals surface area contributed by atoms with E-state index < -0.39 is 0 Å². The van der Waals surface area contributed by atoms with Gasteiger partial charge in [-0.15, -0.1) is 0 Å². The maximum Gasteiger partial charge on any atom is 0.0561 e. The topological polar surface area (TPSA) is 8.17 Å². The van der Waals surface area contributed by atoms with Gasteiger partial charge in [-0.05, 0) is 93.5 Å². The highest BCUT2D eigenvalue weighted by molar-refractivity contribution is 6.10. The first kappa shape index (κ1) is 33.2. The number of aromatic nitrogens is 1. The third-order valence-electron chi connectivity index (χ3n) is 10.8. The number of nitrogens with zero attached hydrogens (tertiary/aromatic N) is 2. The Kier molecular flexibility index (Phi) is 8.55. The highest BCUT2D eigenvalue weighted by Gasteiger charge is 2.22. The standard InChI is InChI=1S/C54H38N2/c1-6-18-39(19-7-1)43-30-35-53(51(36-43)42-24-12-4-13-25-42)55(45-31-33-47(40-20-8-2-9-21-40)50(37-45)41-22-10-3-11-23-41)46-32-34-49-48-28-16-17-29-52(48)56(54(49)38-46)44-26-14-5-15-27-44/h1-38H. The van der Waals surface area contributed by atoms with Crippen molar-refractivity contribution < 1.29 is 0 Å². The van der Waals surface area contributed by atoms with Crippen molar-refractivity contribution in [1.29, 1.82) is 0 Å². The summed E-state index contributed by atoms with van der Waals surface area (Å²) in [5.74, 6) is 0. The van der Waals surface area contributed by atoms with E-state index in [4.69, 9.17) is 0 Å². The molecule has 0 aliphatic rings. The molecular weight excluding hydrogens is 677 g/mol. The van der Waals surface area contributed by atoms with Crippen LogP contribution in [0.3, 0.4) is 0 Å². The van der Waals surface area contributed by atoms with E-state index in [2.05, 4.69) is 240 Å². The maximum atomic E-state index is 2.45. The summed E-state index contributed by atoms with van der Waals surface area (Å²) in [6.07, 6.45) is 0. The van der Waals surface area contributed by atoms with Crippen LogP contribution in [0, 0.1) is 0 Å². The second-order valence-corrected chi connectivity index (χ2v) is 14.2. The Morgan fingerprint density at radius 3 is 1.45 bits per heavy atom. The van der Waals surface area contributed by atoms with Crippen molar-refractivity contribution in [2.75, 3.05) is 4.90 Å². The summed E-state index contributed by atoms with van der Waals surface area (Å²) in [5.41, 5.74) is 16.2. The molecule has 0 amide bonds. The van der Waals surface area contributed by atoms with E-state index in [0.717, 1.165) is 39.4 Å². The molecule has 1 aromatic heterocycles. The maximum absolute atomic E-state index is 2.45. The van der Waals surface area contributed by atoms with Crippen LogP contribution in [0.4, 0.5) is 17.1 Å². The largest absolute Gasteiger partial charge is 0.310 e. The summed E-state index contributed by atoms with van der Waals surface area (Å²) >= 11 is 0. The van der Waals surface area contributed by atoms with Gasteiger partial charge in [0, 0.05) is 33.4 Å². The first-order valence-electron chi connectivity index (χ1n) is 19.2. The fourth-order valence-corrected chi connectivity index (χ4v) is 8.17. The quantitative estimate of drug-likeness (QED) is 0.152. The lowest BCUT2D eigenvalue weighted by molar-refractivity contribution is 1.18. The molecule has 0 atom stereocenters. The van der Waals surface area contributed by atoms with Crippen molar-refractivity contribution in [3.05, 3.63) is 231 Å². The molecule has 10 aromatic rings. The van der Waals surface area contributed by atoms with Gasteiger partial charge in [-0.1, -0.05) is 176 Å². The monoisotopic (exact) mass is 714 g/mol. The van der Waals surface area contributed by atoms with E-state index in [1.807, 2.05) is 0 Å². The highest BCUT2D eigenvalue weighted by Crippen LogP contribution is 2.46. The van der Waals surface area contributed by atoms with Crippen LogP contribution >= 0.6 is 0 Å². The molecule has 1 heterocycles. The van der Waals surface area contributed by atoms with E-state index in [1.165, 1.54) is 49.7 Å². The average Bonchev–Trinajstić information content (AvgIpc) is 3.62. The second-order valence-electron chi connectivity index (χ2n) is 14.2. The van der Waals surface area contributed by atoms with Crippen molar-refractivity contribution in [3.8, 4) is 50.2 Å². The number of para-hydroxylation sites is 2. The van der Waals surface area contributed by atoms with E-state index in [1.54, 1.807) is 0 Å². The molecule has 10 rings (SSSR count). The lowest BCUT2D eigenvalue weighted by Gasteiger charge is -2.29. The van der Waals surface area contributed by atoms with Gasteiger partial charge < -0.3 is 9.47 Å². The Balaban J connectivity index is 1.27. The molecule has 0 unspecified atom stereocenters. The third kappa shape index (κ3) is 6.04. The van der Waals surface area contributed by atoms with Gasteiger partial charge in [0.05, 0.1) is 16.7 Å². The number of hydrogen-bond donors (Lipinski definition) is 0. The number of rotatable bonds is 8. The Labute approximate surface area is 327 Å². The molecule has 0 aliphatic carbocycles. The van der Waals surface area contributed by atoms with Gasteiger partial charge in [0.2, 0.25) is 0 Å². The summed E-state index contributed by atoms with van der Waals surface area (Å²) < 4.78 is 2.40. The smallest absolute Gasteiger partial charge is 0.0561 e. The minimum absolute atomic E-state index is 1.08. The molecule has 9 aromatic carbocycles. The first-order valence-corrected chi connectivity index (χ1v) is 19.2. The van der Waals surface area contributed by atoms with Crippen LogP contribution in [0.25, 0.3) is 72.0 Å². The summed E-state index contributed by atoms with van der Waals surface area (Å²) in [7, 11) is 0. The highest BCUT2D eigenvalue weighted by atomic mass is 15.1. The number of anilines is 3. The van der Waals surface area contributed by atoms with E-state index in [-0.39, 0.29) is 0 Å². The van der Waals surface area contributed by atoms with Gasteiger partial charge >= 0.3 is 0 Å². The predicted octanol–water partition coefficient (Wildman–Crippen LogP) is 14.9. The van der Waals surface area contributed by atoms with Crippen LogP contribution in [0.15, 0.2) is 231 Å². The van der Waals surface area contributed by atoms with Crippen LogP contribution in [-0.2, 0) is 0 Å². The molecule has 0 saturated carbocycles. The van der Waals surface area contributed by atoms with Gasteiger partial charge in [-0.3, -0.25) is 0 Å². The van der Waals surface area contributed by atoms with Gasteiger partial charge in [0.1, 0.15) is 0 Å². The fourth-order valence-electron chi connectivity index (χ4n) is 8.17. The average molecular weight is 715 g/mol. The number of fused-ring (bicyclic) bond motifs is 3. The summed E-state index contributed by atoms with van der Waals surface area (Å²) in [4.78, 5) is 2.45. The molecule has 0 fully saturated rings. The Morgan fingerprint density at radius 1 is 0.286 bits per heavy atom. The van der Waals surface area contributed by atoms with Crippen LogP contribution in [0.2, 0.25) is 0 Å². The Morgan fingerprint density at radius 2 is 0.786 bits per heavy atom. The SMILES string of the molecule is c1ccc(-c2ccc(N(c3ccc(-c4ccccc4)c(-c4ccccc4)c3)c3ccc4c5ccccc5n(-c5ccccc5)c4c3)c(-c3ccccc3)c2)cc1. The molecular formula is C54H38N2. The molecule has 2 heteroatoms. The van der Waals surface area contributed by atoms with E-state index in [9.17, 15) is 0 Å². The third-order valence-corrected chi connectivity index (χ3v) is 10.8. The first-order chi connectivity index (χ1) is 27.8. The van der Waals surface area contributed by atoms with Gasteiger partial charge in [0.15, 0.2) is 0 Å². The predicted molar refractivity (Wildman–Crippen MR) is 237 cm³/mol. The molecule has 56 heavy (non-hydrogen) atoms. The zero-order valence-electron chi connectivity index (χ0n) is 30.8. The summed E-state index contributed by atoms with van der Waals surface area (Å²) in [6.45, 7) is 0. The molecule has 264 valence electrons. The van der Waals surface area contributed by atoms with Gasteiger partial charge in [-0.2, -0.15) is 0 Å². The number of hydrogen-bond acceptors (Lipinski definition) is 1. The molecule has 0 bridgehead atoms. The van der Waals surface area contributed by atoms with Crippen molar-refractivity contribution >= 4 is 38.9 Å². The van der Waals surface area contributed by atoms with Crippen molar-refractivity contribution in [3.63, 3.8) is 0 Å². The minimum Gasteiger partial charge on any atom is -0.310 e. The van der Waals surface area contributed by atoms with Gasteiger partial charge in [0.25, 0.3) is 0 Å². The zero-order valence-corrected chi connectivity index (χ0v) is 30.8. The second kappa shape index (κ2) is 14.4. The van der Waals surface area contributed by atoms with E-state index in [0.29, 0.717) is 0 Å². The molecule has 0 spiro atoms. The zero-order chi connectivity index (χ0) is 37.3. The number of benzene rings is 9. The van der Waals surface area contributed by atoms with Crippen LogP contribution in [-0.4, -0.2) is 4.57 Å². The fraction of sp³-hybridized carbons (Fsp3) is 0. The normalized spacial score (nSPS) is 11.2. The van der Waals surface area contributed by atoms with E-state index >= 15 is 0 Å². The lowest BCUT2D eigenvalue weighted by Crippen LogP contribution is -2.12. The van der Waals surface area contributed by atoms with Gasteiger partial charge in [-0.25, -0.2) is 0 Å². The Hall–Kier alpha value is -7.42.